The van der Waals surface area contributed by atoms with Gasteiger partial charge in [-0.05, 0) is 25.1 Å². The Labute approximate surface area is 87.4 Å². The van der Waals surface area contributed by atoms with Crippen LogP contribution in [0.2, 0.25) is 0 Å². The normalized spacial score (nSPS) is 10.2. The fourth-order valence-corrected chi connectivity index (χ4v) is 1.51. The Morgan fingerprint density at radius 3 is 3.07 bits per heavy atom. The van der Waals surface area contributed by atoms with Gasteiger partial charge in [-0.25, -0.2) is 4.79 Å². The van der Waals surface area contributed by atoms with Crippen LogP contribution in [-0.2, 0) is 4.79 Å². The molecular weight excluding hydrogens is 190 g/mol. The van der Waals surface area contributed by atoms with Crippen LogP contribution in [0.5, 0.6) is 5.75 Å². The summed E-state index contributed by atoms with van der Waals surface area (Å²) in [5, 5.41) is 0.908. The summed E-state index contributed by atoms with van der Waals surface area (Å²) < 4.78 is 5.11. The standard InChI is InChI=1S/C12H11NO2/c1-3-12(14)15-11-6-4-5-10-9(11)7-8(2)13-10/h3-7,13H,1H2,2H3. The maximum Gasteiger partial charge on any atom is 0.335 e. The maximum atomic E-state index is 11.1. The number of hydrogen-bond donors (Lipinski definition) is 1. The molecule has 0 aliphatic rings. The molecular formula is C12H11NO2. The van der Waals surface area contributed by atoms with E-state index in [1.54, 1.807) is 6.07 Å². The minimum Gasteiger partial charge on any atom is -0.423 e. The number of nitrogens with one attached hydrogen (secondary N) is 1. The lowest BCUT2D eigenvalue weighted by Gasteiger charge is -2.01. The molecule has 0 fully saturated rings. The maximum absolute atomic E-state index is 11.1. The van der Waals surface area contributed by atoms with Crippen molar-refractivity contribution in [3.63, 3.8) is 0 Å². The van der Waals surface area contributed by atoms with Crippen molar-refractivity contribution in [2.45, 2.75) is 6.92 Å². The third-order valence-electron chi connectivity index (χ3n) is 2.14. The van der Waals surface area contributed by atoms with Gasteiger partial charge in [-0.1, -0.05) is 12.6 Å². The average Bonchev–Trinajstić information content (AvgIpc) is 2.59. The fourth-order valence-electron chi connectivity index (χ4n) is 1.51. The molecule has 0 bridgehead atoms. The van der Waals surface area contributed by atoms with Gasteiger partial charge in [-0.15, -0.1) is 0 Å². The Morgan fingerprint density at radius 1 is 1.53 bits per heavy atom. The van der Waals surface area contributed by atoms with E-state index in [1.165, 1.54) is 0 Å². The Morgan fingerprint density at radius 2 is 2.33 bits per heavy atom. The van der Waals surface area contributed by atoms with Crippen molar-refractivity contribution in [1.29, 1.82) is 0 Å². The van der Waals surface area contributed by atoms with E-state index in [9.17, 15) is 4.79 Å². The summed E-state index contributed by atoms with van der Waals surface area (Å²) in [5.41, 5.74) is 1.99. The van der Waals surface area contributed by atoms with E-state index >= 15 is 0 Å². The first-order valence-electron chi connectivity index (χ1n) is 4.63. The molecule has 76 valence electrons. The SMILES string of the molecule is C=CC(=O)Oc1cccc2[nH]c(C)cc12. The number of carbonyl (C=O) groups excluding carboxylic acids is 1. The van der Waals surface area contributed by atoms with E-state index in [1.807, 2.05) is 25.1 Å². The fraction of sp³-hybridized carbons (Fsp3) is 0.0833. The molecule has 3 heteroatoms. The average molecular weight is 201 g/mol. The molecule has 2 aromatic rings. The number of ether oxygens (including phenoxy) is 1. The van der Waals surface area contributed by atoms with E-state index in [0.717, 1.165) is 22.7 Å². The van der Waals surface area contributed by atoms with Crippen LogP contribution in [0.25, 0.3) is 10.9 Å². The molecule has 0 atom stereocenters. The summed E-state index contributed by atoms with van der Waals surface area (Å²) in [6, 6.07) is 7.48. The molecule has 0 amide bonds. The summed E-state index contributed by atoms with van der Waals surface area (Å²) >= 11 is 0. The van der Waals surface area contributed by atoms with Gasteiger partial charge in [0.25, 0.3) is 0 Å². The number of benzene rings is 1. The van der Waals surface area contributed by atoms with Crippen LogP contribution >= 0.6 is 0 Å². The zero-order chi connectivity index (χ0) is 10.8. The highest BCUT2D eigenvalue weighted by Gasteiger charge is 2.06. The topological polar surface area (TPSA) is 42.1 Å². The molecule has 2 rings (SSSR count). The minimum atomic E-state index is -0.443. The number of esters is 1. The number of fused-ring (bicyclic) bond motifs is 1. The van der Waals surface area contributed by atoms with Crippen molar-refractivity contribution < 1.29 is 9.53 Å². The number of aromatic amines is 1. The molecule has 0 radical (unpaired) electrons. The molecule has 0 unspecified atom stereocenters. The Bertz CT molecular complexity index is 525. The predicted molar refractivity (Wildman–Crippen MR) is 58.9 cm³/mol. The number of carbonyl (C=O) groups is 1. The monoisotopic (exact) mass is 201 g/mol. The summed E-state index contributed by atoms with van der Waals surface area (Å²) in [7, 11) is 0. The molecule has 3 nitrogen and oxygen atoms in total. The second kappa shape index (κ2) is 3.61. The molecule has 0 saturated carbocycles. The first-order chi connectivity index (χ1) is 7.20. The summed E-state index contributed by atoms with van der Waals surface area (Å²) in [5.74, 6) is 0.114. The van der Waals surface area contributed by atoms with Crippen LogP contribution in [-0.4, -0.2) is 11.0 Å². The zero-order valence-corrected chi connectivity index (χ0v) is 8.41. The summed E-state index contributed by atoms with van der Waals surface area (Å²) in [6.07, 6.45) is 1.15. The molecule has 0 aliphatic heterocycles. The van der Waals surface area contributed by atoms with E-state index in [0.29, 0.717) is 5.75 Å². The molecule has 0 spiro atoms. The van der Waals surface area contributed by atoms with Gasteiger partial charge in [0.05, 0.1) is 0 Å². The van der Waals surface area contributed by atoms with E-state index in [-0.39, 0.29) is 0 Å². The molecule has 1 N–H and O–H groups in total. The Kier molecular flexibility index (Phi) is 2.29. The largest absolute Gasteiger partial charge is 0.423 e. The summed E-state index contributed by atoms with van der Waals surface area (Å²) in [6.45, 7) is 5.32. The number of hydrogen-bond acceptors (Lipinski definition) is 2. The lowest BCUT2D eigenvalue weighted by Crippen LogP contribution is -2.02. The van der Waals surface area contributed by atoms with Gasteiger partial charge in [-0.3, -0.25) is 0 Å². The minimum absolute atomic E-state index is 0.443. The Hall–Kier alpha value is -2.03. The highest BCUT2D eigenvalue weighted by Crippen LogP contribution is 2.26. The molecule has 1 aromatic carbocycles. The second-order valence-corrected chi connectivity index (χ2v) is 3.29. The number of aromatic nitrogens is 1. The van der Waals surface area contributed by atoms with Crippen molar-refractivity contribution in [2.24, 2.45) is 0 Å². The smallest absolute Gasteiger partial charge is 0.335 e. The van der Waals surface area contributed by atoms with Crippen LogP contribution in [0, 0.1) is 6.92 Å². The van der Waals surface area contributed by atoms with Gasteiger partial charge in [0, 0.05) is 22.7 Å². The number of aryl methyl sites for hydroxylation is 1. The van der Waals surface area contributed by atoms with Gasteiger partial charge in [-0.2, -0.15) is 0 Å². The highest BCUT2D eigenvalue weighted by molar-refractivity contribution is 5.91. The predicted octanol–water partition coefficient (Wildman–Crippen LogP) is 2.57. The van der Waals surface area contributed by atoms with Crippen molar-refractivity contribution in [1.82, 2.24) is 4.98 Å². The summed E-state index contributed by atoms with van der Waals surface area (Å²) in [4.78, 5) is 14.3. The van der Waals surface area contributed by atoms with Crippen LogP contribution in [0.1, 0.15) is 5.69 Å². The quantitative estimate of drug-likeness (QED) is 0.461. The van der Waals surface area contributed by atoms with Crippen molar-refractivity contribution in [2.75, 3.05) is 0 Å². The van der Waals surface area contributed by atoms with Crippen LogP contribution in [0.4, 0.5) is 0 Å². The van der Waals surface area contributed by atoms with Gasteiger partial charge in [0.2, 0.25) is 0 Å². The van der Waals surface area contributed by atoms with Gasteiger partial charge < -0.3 is 9.72 Å². The molecule has 1 heterocycles. The van der Waals surface area contributed by atoms with E-state index in [2.05, 4.69) is 11.6 Å². The third-order valence-corrected chi connectivity index (χ3v) is 2.14. The van der Waals surface area contributed by atoms with Crippen molar-refractivity contribution in [3.8, 4) is 5.75 Å². The van der Waals surface area contributed by atoms with E-state index < -0.39 is 5.97 Å². The second-order valence-electron chi connectivity index (χ2n) is 3.29. The lowest BCUT2D eigenvalue weighted by atomic mass is 10.2. The number of H-pyrrole nitrogens is 1. The first-order valence-corrected chi connectivity index (χ1v) is 4.63. The van der Waals surface area contributed by atoms with Gasteiger partial charge >= 0.3 is 5.97 Å². The molecule has 0 saturated heterocycles. The van der Waals surface area contributed by atoms with E-state index in [4.69, 9.17) is 4.74 Å². The van der Waals surface area contributed by atoms with Gasteiger partial charge in [0.15, 0.2) is 0 Å². The zero-order valence-electron chi connectivity index (χ0n) is 8.41. The Balaban J connectivity index is 2.50. The lowest BCUT2D eigenvalue weighted by molar-refractivity contribution is -0.128. The van der Waals surface area contributed by atoms with Crippen molar-refractivity contribution >= 4 is 16.9 Å². The van der Waals surface area contributed by atoms with Gasteiger partial charge in [0.1, 0.15) is 5.75 Å². The van der Waals surface area contributed by atoms with Crippen LogP contribution in [0.15, 0.2) is 36.9 Å². The molecule has 0 aliphatic carbocycles. The first kappa shape index (κ1) is 9.52. The number of rotatable bonds is 2. The third kappa shape index (κ3) is 1.76. The van der Waals surface area contributed by atoms with Crippen LogP contribution < -0.4 is 4.74 Å². The van der Waals surface area contributed by atoms with Crippen molar-refractivity contribution in [3.05, 3.63) is 42.6 Å². The molecule has 1 aromatic heterocycles. The molecule has 15 heavy (non-hydrogen) atoms. The van der Waals surface area contributed by atoms with Crippen LogP contribution in [0.3, 0.4) is 0 Å². The highest BCUT2D eigenvalue weighted by atomic mass is 16.5.